The molecule has 10 heteroatoms. The van der Waals surface area contributed by atoms with Gasteiger partial charge in [0.25, 0.3) is 6.02 Å². The second-order valence-electron chi connectivity index (χ2n) is 8.04. The molecule has 4 N–H and O–H groups in total. The Bertz CT molecular complexity index is 830. The maximum absolute atomic E-state index is 12.2. The first-order chi connectivity index (χ1) is 14.5. The Morgan fingerprint density at radius 2 is 2.00 bits per heavy atom. The SMILES string of the molecule is Cc1c(CN2CCN(C(=O)OC(C)C)[C@@H](C)C2)cc(Cl)cc1NC(=N)OC(=N)[C@H](C)O. The van der Waals surface area contributed by atoms with Gasteiger partial charge in [-0.3, -0.25) is 15.7 Å². The van der Waals surface area contributed by atoms with Crippen LogP contribution in [0.2, 0.25) is 5.02 Å². The molecule has 2 atom stereocenters. The number of anilines is 1. The van der Waals surface area contributed by atoms with E-state index in [0.29, 0.717) is 36.9 Å². The number of halogens is 1. The summed E-state index contributed by atoms with van der Waals surface area (Å²) < 4.78 is 10.3. The molecule has 9 nitrogen and oxygen atoms in total. The Balaban J connectivity index is 2.05. The summed E-state index contributed by atoms with van der Waals surface area (Å²) in [5, 5.41) is 28.1. The second kappa shape index (κ2) is 10.8. The number of hydrogen-bond acceptors (Lipinski definition) is 7. The molecule has 1 heterocycles. The van der Waals surface area contributed by atoms with E-state index in [1.807, 2.05) is 33.8 Å². The number of aliphatic hydroxyl groups is 1. The molecule has 1 aromatic carbocycles. The van der Waals surface area contributed by atoms with Gasteiger partial charge in [-0.25, -0.2) is 4.79 Å². The molecule has 172 valence electrons. The van der Waals surface area contributed by atoms with Crippen LogP contribution in [0.1, 0.15) is 38.8 Å². The Hall–Kier alpha value is -2.36. The number of piperazine rings is 1. The molecule has 0 aliphatic carbocycles. The summed E-state index contributed by atoms with van der Waals surface area (Å²) in [7, 11) is 0. The Labute approximate surface area is 188 Å². The number of ether oxygens (including phenoxy) is 2. The van der Waals surface area contributed by atoms with Gasteiger partial charge in [0, 0.05) is 42.9 Å². The molecule has 1 aliphatic rings. The molecule has 0 unspecified atom stereocenters. The first-order valence-electron chi connectivity index (χ1n) is 10.3. The molecule has 0 bridgehead atoms. The van der Waals surface area contributed by atoms with Gasteiger partial charge < -0.3 is 24.8 Å². The van der Waals surface area contributed by atoms with Crippen LogP contribution in [-0.4, -0.2) is 70.8 Å². The fourth-order valence-electron chi connectivity index (χ4n) is 3.33. The maximum atomic E-state index is 12.2. The van der Waals surface area contributed by atoms with Crippen molar-refractivity contribution in [1.82, 2.24) is 9.80 Å². The van der Waals surface area contributed by atoms with Crippen LogP contribution in [0.25, 0.3) is 0 Å². The van der Waals surface area contributed by atoms with Crippen LogP contribution in [-0.2, 0) is 16.0 Å². The lowest BCUT2D eigenvalue weighted by Crippen LogP contribution is -2.54. The van der Waals surface area contributed by atoms with E-state index in [1.54, 1.807) is 11.0 Å². The Kier molecular flexibility index (Phi) is 8.67. The molecule has 31 heavy (non-hydrogen) atoms. The third-order valence-corrected chi connectivity index (χ3v) is 5.21. The van der Waals surface area contributed by atoms with E-state index in [-0.39, 0.29) is 24.3 Å². The van der Waals surface area contributed by atoms with Crippen molar-refractivity contribution in [1.29, 1.82) is 10.8 Å². The zero-order chi connectivity index (χ0) is 23.3. The zero-order valence-electron chi connectivity index (χ0n) is 18.7. The monoisotopic (exact) mass is 453 g/mol. The lowest BCUT2D eigenvalue weighted by atomic mass is 10.0. The van der Waals surface area contributed by atoms with E-state index >= 15 is 0 Å². The van der Waals surface area contributed by atoms with Crippen molar-refractivity contribution in [3.63, 3.8) is 0 Å². The molecular weight excluding hydrogens is 422 g/mol. The number of carbonyl (C=O) groups is 1. The minimum atomic E-state index is -1.10. The van der Waals surface area contributed by atoms with Gasteiger partial charge in [0.1, 0.15) is 6.10 Å². The number of rotatable bonds is 5. The van der Waals surface area contributed by atoms with Gasteiger partial charge in [0.2, 0.25) is 5.90 Å². The molecule has 1 aromatic rings. The number of benzene rings is 1. The van der Waals surface area contributed by atoms with Gasteiger partial charge in [-0.2, -0.15) is 0 Å². The summed E-state index contributed by atoms with van der Waals surface area (Å²) >= 11 is 6.30. The highest BCUT2D eigenvalue weighted by Crippen LogP contribution is 2.27. The van der Waals surface area contributed by atoms with E-state index in [0.717, 1.165) is 11.1 Å². The van der Waals surface area contributed by atoms with Crippen LogP contribution in [0, 0.1) is 17.7 Å². The van der Waals surface area contributed by atoms with Gasteiger partial charge in [0.05, 0.1) is 6.10 Å². The van der Waals surface area contributed by atoms with Crippen molar-refractivity contribution in [3.05, 3.63) is 28.3 Å². The van der Waals surface area contributed by atoms with Crippen molar-refractivity contribution in [2.45, 2.75) is 59.4 Å². The fourth-order valence-corrected chi connectivity index (χ4v) is 3.57. The Morgan fingerprint density at radius 3 is 2.58 bits per heavy atom. The normalized spacial score (nSPS) is 17.9. The van der Waals surface area contributed by atoms with E-state index in [4.69, 9.17) is 31.9 Å². The third-order valence-electron chi connectivity index (χ3n) is 5.00. The van der Waals surface area contributed by atoms with Crippen molar-refractivity contribution >= 4 is 35.3 Å². The molecule has 1 aliphatic heterocycles. The Morgan fingerprint density at radius 1 is 1.32 bits per heavy atom. The summed E-state index contributed by atoms with van der Waals surface area (Å²) in [5.41, 5.74) is 2.48. The predicted octanol–water partition coefficient (Wildman–Crippen LogP) is 3.42. The van der Waals surface area contributed by atoms with Crippen LogP contribution in [0.3, 0.4) is 0 Å². The molecule has 1 saturated heterocycles. The van der Waals surface area contributed by atoms with Crippen LogP contribution in [0.4, 0.5) is 10.5 Å². The number of amides is 1. The summed E-state index contributed by atoms with van der Waals surface area (Å²) in [6, 6.07) is 3.22. The molecule has 0 saturated carbocycles. The second-order valence-corrected chi connectivity index (χ2v) is 8.48. The summed E-state index contributed by atoms with van der Waals surface area (Å²) in [4.78, 5) is 16.2. The molecule has 0 radical (unpaired) electrons. The summed E-state index contributed by atoms with van der Waals surface area (Å²) in [6.07, 6.45) is -1.53. The standard InChI is InChI=1S/C21H32ClN5O4/c1-12(2)30-21(29)27-7-6-26(10-13(27)3)11-16-8-17(22)9-18(14(16)4)25-20(24)31-19(23)15(5)28/h8-9,12-13,15,23,28H,6-7,10-11H2,1-5H3,(H2,24,25)/t13-,15-/m0/s1. The predicted molar refractivity (Wildman–Crippen MR) is 121 cm³/mol. The smallest absolute Gasteiger partial charge is 0.410 e. The topological polar surface area (TPSA) is 122 Å². The fraction of sp³-hybridized carbons (Fsp3) is 0.571. The highest BCUT2D eigenvalue weighted by Gasteiger charge is 2.29. The molecule has 0 spiro atoms. The number of nitrogens with one attached hydrogen (secondary N) is 3. The van der Waals surface area contributed by atoms with E-state index in [2.05, 4.69) is 10.2 Å². The molecular formula is C21H32ClN5O4. The van der Waals surface area contributed by atoms with E-state index in [1.165, 1.54) is 6.92 Å². The number of carbonyl (C=O) groups excluding carboxylic acids is 1. The minimum Gasteiger partial charge on any atom is -0.447 e. The van der Waals surface area contributed by atoms with Crippen LogP contribution >= 0.6 is 11.6 Å². The molecule has 0 aromatic heterocycles. The third kappa shape index (κ3) is 7.09. The van der Waals surface area contributed by atoms with E-state index < -0.39 is 12.0 Å². The summed E-state index contributed by atoms with van der Waals surface area (Å²) in [5.74, 6) is -0.416. The lowest BCUT2D eigenvalue weighted by molar-refractivity contribution is 0.0349. The maximum Gasteiger partial charge on any atom is 0.410 e. The average molecular weight is 454 g/mol. The van der Waals surface area contributed by atoms with Crippen molar-refractivity contribution < 1.29 is 19.4 Å². The number of aliphatic hydroxyl groups excluding tert-OH is 1. The van der Waals surface area contributed by atoms with Crippen molar-refractivity contribution in [2.75, 3.05) is 25.0 Å². The lowest BCUT2D eigenvalue weighted by Gasteiger charge is -2.39. The van der Waals surface area contributed by atoms with Crippen molar-refractivity contribution in [2.24, 2.45) is 0 Å². The number of hydrogen-bond donors (Lipinski definition) is 4. The minimum absolute atomic E-state index is 0.0187. The van der Waals surface area contributed by atoms with Crippen LogP contribution in [0.5, 0.6) is 0 Å². The highest BCUT2D eigenvalue weighted by atomic mass is 35.5. The number of nitrogens with zero attached hydrogens (tertiary/aromatic N) is 2. The van der Waals surface area contributed by atoms with Crippen LogP contribution < -0.4 is 5.32 Å². The quantitative estimate of drug-likeness (QED) is 0.400. The molecule has 2 rings (SSSR count). The van der Waals surface area contributed by atoms with Gasteiger partial charge in [-0.05, 0) is 57.9 Å². The summed E-state index contributed by atoms with van der Waals surface area (Å²) in [6.45, 7) is 11.6. The zero-order valence-corrected chi connectivity index (χ0v) is 19.4. The average Bonchev–Trinajstić information content (AvgIpc) is 2.64. The molecule has 1 amide bonds. The van der Waals surface area contributed by atoms with Crippen LogP contribution in [0.15, 0.2) is 12.1 Å². The largest absolute Gasteiger partial charge is 0.447 e. The number of amidine groups is 1. The van der Waals surface area contributed by atoms with Gasteiger partial charge in [-0.1, -0.05) is 11.6 Å². The van der Waals surface area contributed by atoms with Gasteiger partial charge >= 0.3 is 6.09 Å². The first-order valence-corrected chi connectivity index (χ1v) is 10.6. The highest BCUT2D eigenvalue weighted by molar-refractivity contribution is 6.31. The molecule has 1 fully saturated rings. The van der Waals surface area contributed by atoms with Gasteiger partial charge in [-0.15, -0.1) is 0 Å². The first kappa shape index (κ1) is 24.9. The van der Waals surface area contributed by atoms with E-state index in [9.17, 15) is 9.90 Å². The van der Waals surface area contributed by atoms with Crippen molar-refractivity contribution in [3.8, 4) is 0 Å². The van der Waals surface area contributed by atoms with Gasteiger partial charge in [0.15, 0.2) is 0 Å².